The van der Waals surface area contributed by atoms with Crippen LogP contribution in [0.5, 0.6) is 0 Å². The van der Waals surface area contributed by atoms with Gasteiger partial charge in [0.25, 0.3) is 0 Å². The van der Waals surface area contributed by atoms with Gasteiger partial charge in [0.2, 0.25) is 0 Å². The van der Waals surface area contributed by atoms with Crippen LogP contribution >= 0.6 is 12.2 Å². The minimum atomic E-state index is -4.40. The van der Waals surface area contributed by atoms with Crippen molar-refractivity contribution < 1.29 is 13.2 Å². The van der Waals surface area contributed by atoms with E-state index in [9.17, 15) is 13.2 Å². The lowest BCUT2D eigenvalue weighted by molar-refractivity contribution is -0.137. The number of rotatable bonds is 3. The molecule has 0 aromatic heterocycles. The Morgan fingerprint density at radius 3 is 2.53 bits per heavy atom. The van der Waals surface area contributed by atoms with Crippen molar-refractivity contribution in [1.29, 1.82) is 0 Å². The first kappa shape index (κ1) is 15.4. The lowest BCUT2D eigenvalue weighted by Crippen LogP contribution is -2.36. The summed E-state index contributed by atoms with van der Waals surface area (Å²) in [7, 11) is 0. The van der Waals surface area contributed by atoms with E-state index in [1.54, 1.807) is 0 Å². The van der Waals surface area contributed by atoms with Gasteiger partial charge in [0, 0.05) is 11.6 Å². The van der Waals surface area contributed by atoms with Gasteiger partial charge in [0.05, 0.1) is 11.8 Å². The zero-order valence-corrected chi connectivity index (χ0v) is 11.3. The molecule has 0 aliphatic rings. The van der Waals surface area contributed by atoms with Gasteiger partial charge in [-0.05, 0) is 32.1 Å². The zero-order chi connectivity index (χ0) is 14.5. The fourth-order valence-corrected chi connectivity index (χ4v) is 1.61. The average Bonchev–Trinajstić information content (AvgIpc) is 2.27. The van der Waals surface area contributed by atoms with E-state index in [4.69, 9.17) is 12.2 Å². The molecule has 0 aliphatic heterocycles. The standard InChI is InChI=1S/C12H14F3N3S/c1-8(2)17-11(19)18-16-7-9-5-3-4-6-10(9)12(13,14)15/h3-8H,1-2H3,(H2,17,18,19). The topological polar surface area (TPSA) is 36.4 Å². The Morgan fingerprint density at radius 1 is 1.32 bits per heavy atom. The van der Waals surface area contributed by atoms with Crippen molar-refractivity contribution in [1.82, 2.24) is 10.7 Å². The number of nitrogens with zero attached hydrogens (tertiary/aromatic N) is 1. The monoisotopic (exact) mass is 289 g/mol. The summed E-state index contributed by atoms with van der Waals surface area (Å²) >= 11 is 4.89. The summed E-state index contributed by atoms with van der Waals surface area (Å²) in [6.45, 7) is 3.77. The highest BCUT2D eigenvalue weighted by atomic mass is 32.1. The molecule has 2 N–H and O–H groups in total. The molecule has 0 atom stereocenters. The fraction of sp³-hybridized carbons (Fsp3) is 0.333. The summed E-state index contributed by atoms with van der Waals surface area (Å²) in [5.41, 5.74) is 1.71. The summed E-state index contributed by atoms with van der Waals surface area (Å²) < 4.78 is 38.1. The maximum Gasteiger partial charge on any atom is 0.417 e. The molecular formula is C12H14F3N3S. The van der Waals surface area contributed by atoms with Gasteiger partial charge in [-0.1, -0.05) is 18.2 Å². The van der Waals surface area contributed by atoms with E-state index in [1.165, 1.54) is 18.2 Å². The van der Waals surface area contributed by atoms with Crippen molar-refractivity contribution in [2.75, 3.05) is 0 Å². The first-order valence-electron chi connectivity index (χ1n) is 5.56. The molecule has 0 saturated carbocycles. The Labute approximate surface area is 114 Å². The normalized spacial score (nSPS) is 11.9. The Morgan fingerprint density at radius 2 is 1.95 bits per heavy atom. The summed E-state index contributed by atoms with van der Waals surface area (Å²) in [5.74, 6) is 0. The number of nitrogens with one attached hydrogen (secondary N) is 2. The number of thiocarbonyl (C=S) groups is 1. The van der Waals surface area contributed by atoms with Crippen molar-refractivity contribution in [2.45, 2.75) is 26.1 Å². The quantitative estimate of drug-likeness (QED) is 0.510. The maximum atomic E-state index is 12.7. The zero-order valence-electron chi connectivity index (χ0n) is 10.5. The summed E-state index contributed by atoms with van der Waals surface area (Å²) in [5, 5.41) is 6.81. The minimum absolute atomic E-state index is 0.0187. The number of hydrogen-bond acceptors (Lipinski definition) is 2. The molecule has 0 bridgehead atoms. The number of hydrazone groups is 1. The minimum Gasteiger partial charge on any atom is -0.359 e. The highest BCUT2D eigenvalue weighted by Crippen LogP contribution is 2.30. The highest BCUT2D eigenvalue weighted by Gasteiger charge is 2.32. The van der Waals surface area contributed by atoms with Crippen molar-refractivity contribution in [3.63, 3.8) is 0 Å². The maximum absolute atomic E-state index is 12.7. The first-order valence-corrected chi connectivity index (χ1v) is 5.97. The van der Waals surface area contributed by atoms with Gasteiger partial charge < -0.3 is 5.32 Å². The molecule has 104 valence electrons. The molecule has 1 aromatic rings. The van der Waals surface area contributed by atoms with Crippen LogP contribution in [0.4, 0.5) is 13.2 Å². The number of hydrogen-bond donors (Lipinski definition) is 2. The third-order valence-corrected chi connectivity index (χ3v) is 2.26. The third-order valence-electron chi connectivity index (χ3n) is 2.06. The van der Waals surface area contributed by atoms with Gasteiger partial charge in [-0.15, -0.1) is 0 Å². The Bertz CT molecular complexity index is 470. The molecule has 0 spiro atoms. The van der Waals surface area contributed by atoms with E-state index in [1.807, 2.05) is 13.8 Å². The van der Waals surface area contributed by atoms with Gasteiger partial charge in [-0.3, -0.25) is 5.43 Å². The predicted octanol–water partition coefficient (Wildman–Crippen LogP) is 2.91. The Kier molecular flexibility index (Phi) is 5.29. The Balaban J connectivity index is 2.75. The molecule has 0 aliphatic carbocycles. The number of alkyl halides is 3. The number of halogens is 3. The van der Waals surface area contributed by atoms with Crippen LogP contribution in [-0.2, 0) is 6.18 Å². The Hall–Kier alpha value is -1.63. The lowest BCUT2D eigenvalue weighted by Gasteiger charge is -2.11. The summed E-state index contributed by atoms with van der Waals surface area (Å²) in [6, 6.07) is 5.32. The molecule has 0 fully saturated rings. The van der Waals surface area contributed by atoms with E-state index in [-0.39, 0.29) is 16.7 Å². The van der Waals surface area contributed by atoms with Gasteiger partial charge in [0.15, 0.2) is 5.11 Å². The third kappa shape index (κ3) is 5.25. The first-order chi connectivity index (χ1) is 8.80. The largest absolute Gasteiger partial charge is 0.417 e. The van der Waals surface area contributed by atoms with Gasteiger partial charge in [-0.25, -0.2) is 0 Å². The summed E-state index contributed by atoms with van der Waals surface area (Å²) in [6.07, 6.45) is -3.31. The van der Waals surface area contributed by atoms with Crippen LogP contribution in [-0.4, -0.2) is 17.4 Å². The molecule has 0 heterocycles. The SMILES string of the molecule is CC(C)NC(=S)NN=Cc1ccccc1C(F)(F)F. The lowest BCUT2D eigenvalue weighted by atomic mass is 10.1. The number of benzene rings is 1. The van der Waals surface area contributed by atoms with Crippen LogP contribution in [0, 0.1) is 0 Å². The second kappa shape index (κ2) is 6.51. The smallest absolute Gasteiger partial charge is 0.359 e. The fourth-order valence-electron chi connectivity index (χ4n) is 1.32. The van der Waals surface area contributed by atoms with Crippen molar-refractivity contribution in [3.8, 4) is 0 Å². The molecule has 0 amide bonds. The van der Waals surface area contributed by atoms with E-state index in [0.717, 1.165) is 12.3 Å². The second-order valence-electron chi connectivity index (χ2n) is 4.08. The van der Waals surface area contributed by atoms with Crippen LogP contribution in [0.15, 0.2) is 29.4 Å². The van der Waals surface area contributed by atoms with E-state index in [0.29, 0.717) is 0 Å². The van der Waals surface area contributed by atoms with Crippen molar-refractivity contribution >= 4 is 23.5 Å². The van der Waals surface area contributed by atoms with Gasteiger partial charge in [0.1, 0.15) is 0 Å². The molecular weight excluding hydrogens is 275 g/mol. The van der Waals surface area contributed by atoms with Crippen LogP contribution < -0.4 is 10.7 Å². The van der Waals surface area contributed by atoms with Gasteiger partial charge >= 0.3 is 6.18 Å². The van der Waals surface area contributed by atoms with Crippen LogP contribution in [0.3, 0.4) is 0 Å². The summed E-state index contributed by atoms with van der Waals surface area (Å²) in [4.78, 5) is 0. The molecule has 0 radical (unpaired) electrons. The highest BCUT2D eigenvalue weighted by molar-refractivity contribution is 7.80. The van der Waals surface area contributed by atoms with Crippen LogP contribution in [0.25, 0.3) is 0 Å². The molecule has 1 rings (SSSR count). The van der Waals surface area contributed by atoms with Crippen molar-refractivity contribution in [2.24, 2.45) is 5.10 Å². The molecule has 0 unspecified atom stereocenters. The van der Waals surface area contributed by atoms with Crippen LogP contribution in [0.1, 0.15) is 25.0 Å². The van der Waals surface area contributed by atoms with Gasteiger partial charge in [-0.2, -0.15) is 18.3 Å². The molecule has 3 nitrogen and oxygen atoms in total. The average molecular weight is 289 g/mol. The second-order valence-corrected chi connectivity index (χ2v) is 4.49. The molecule has 19 heavy (non-hydrogen) atoms. The van der Waals surface area contributed by atoms with E-state index >= 15 is 0 Å². The molecule has 7 heteroatoms. The molecule has 0 saturated heterocycles. The van der Waals surface area contributed by atoms with E-state index in [2.05, 4.69) is 15.8 Å². The predicted molar refractivity (Wildman–Crippen MR) is 73.0 cm³/mol. The van der Waals surface area contributed by atoms with E-state index < -0.39 is 11.7 Å². The van der Waals surface area contributed by atoms with Crippen LogP contribution in [0.2, 0.25) is 0 Å². The van der Waals surface area contributed by atoms with Crippen molar-refractivity contribution in [3.05, 3.63) is 35.4 Å². The molecule has 1 aromatic carbocycles.